The van der Waals surface area contributed by atoms with Crippen LogP contribution >= 0.6 is 12.4 Å². The number of pyridine rings is 1. The standard InChI is InChI=1S/C11H13N3.ClH/c1-7-3-4-9-10(5-7)13-8(2)6-11(9)14-12;/h3-6H,12H2,1-2H3,(H,13,14);1H. The summed E-state index contributed by atoms with van der Waals surface area (Å²) in [6, 6.07) is 8.09. The second-order valence-corrected chi connectivity index (χ2v) is 3.48. The number of aryl methyl sites for hydroxylation is 2. The smallest absolute Gasteiger partial charge is 0.0729 e. The van der Waals surface area contributed by atoms with Crippen LogP contribution in [0.3, 0.4) is 0 Å². The number of nitrogens with one attached hydrogen (secondary N) is 1. The lowest BCUT2D eigenvalue weighted by molar-refractivity contribution is 1.23. The Morgan fingerprint density at radius 1 is 1.20 bits per heavy atom. The topological polar surface area (TPSA) is 50.9 Å². The van der Waals surface area contributed by atoms with E-state index in [9.17, 15) is 0 Å². The molecule has 0 amide bonds. The van der Waals surface area contributed by atoms with Gasteiger partial charge in [-0.25, -0.2) is 0 Å². The molecule has 4 heteroatoms. The minimum absolute atomic E-state index is 0. The van der Waals surface area contributed by atoms with Gasteiger partial charge in [-0.15, -0.1) is 12.4 Å². The summed E-state index contributed by atoms with van der Waals surface area (Å²) in [6.07, 6.45) is 0. The van der Waals surface area contributed by atoms with Crippen molar-refractivity contribution < 1.29 is 0 Å². The summed E-state index contributed by atoms with van der Waals surface area (Å²) in [5.74, 6) is 5.45. The maximum Gasteiger partial charge on any atom is 0.0729 e. The van der Waals surface area contributed by atoms with Crippen molar-refractivity contribution in [2.75, 3.05) is 5.43 Å². The number of hydrazine groups is 1. The predicted molar refractivity (Wildman–Crippen MR) is 66.3 cm³/mol. The third kappa shape index (κ3) is 2.19. The van der Waals surface area contributed by atoms with E-state index in [4.69, 9.17) is 5.84 Å². The molecule has 0 bridgehead atoms. The largest absolute Gasteiger partial charge is 0.323 e. The maximum atomic E-state index is 5.45. The van der Waals surface area contributed by atoms with E-state index in [2.05, 4.69) is 29.5 Å². The molecule has 0 saturated heterocycles. The van der Waals surface area contributed by atoms with E-state index in [1.54, 1.807) is 0 Å². The Morgan fingerprint density at radius 3 is 2.60 bits per heavy atom. The summed E-state index contributed by atoms with van der Waals surface area (Å²) in [5.41, 5.74) is 6.77. The average Bonchev–Trinajstić information content (AvgIpc) is 2.15. The van der Waals surface area contributed by atoms with Gasteiger partial charge in [0.25, 0.3) is 0 Å². The van der Waals surface area contributed by atoms with E-state index < -0.39 is 0 Å². The van der Waals surface area contributed by atoms with Crippen LogP contribution in [0, 0.1) is 13.8 Å². The van der Waals surface area contributed by atoms with Crippen LogP contribution in [0.2, 0.25) is 0 Å². The Labute approximate surface area is 95.1 Å². The molecule has 2 rings (SSSR count). The molecule has 0 atom stereocenters. The zero-order chi connectivity index (χ0) is 10.1. The highest BCUT2D eigenvalue weighted by Gasteiger charge is 2.02. The molecule has 0 saturated carbocycles. The van der Waals surface area contributed by atoms with Crippen LogP contribution in [0.1, 0.15) is 11.3 Å². The average molecular weight is 224 g/mol. The highest BCUT2D eigenvalue weighted by molar-refractivity contribution is 5.91. The number of rotatable bonds is 1. The molecule has 0 spiro atoms. The molecular formula is C11H14ClN3. The highest BCUT2D eigenvalue weighted by atomic mass is 35.5. The number of halogens is 1. The zero-order valence-corrected chi connectivity index (χ0v) is 9.56. The van der Waals surface area contributed by atoms with Crippen LogP contribution < -0.4 is 11.3 Å². The quantitative estimate of drug-likeness (QED) is 0.577. The Kier molecular flexibility index (Phi) is 3.50. The molecule has 2 aromatic rings. The van der Waals surface area contributed by atoms with Gasteiger partial charge in [-0.05, 0) is 31.5 Å². The summed E-state index contributed by atoms with van der Waals surface area (Å²) in [7, 11) is 0. The lowest BCUT2D eigenvalue weighted by atomic mass is 10.1. The Hall–Kier alpha value is -1.32. The van der Waals surface area contributed by atoms with Crippen LogP contribution in [0.4, 0.5) is 5.69 Å². The first-order valence-electron chi connectivity index (χ1n) is 4.55. The summed E-state index contributed by atoms with van der Waals surface area (Å²) >= 11 is 0. The van der Waals surface area contributed by atoms with Crippen LogP contribution in [0.5, 0.6) is 0 Å². The Morgan fingerprint density at radius 2 is 1.93 bits per heavy atom. The van der Waals surface area contributed by atoms with Gasteiger partial charge in [-0.3, -0.25) is 10.8 Å². The molecule has 0 fully saturated rings. The predicted octanol–water partition coefficient (Wildman–Crippen LogP) is 2.56. The van der Waals surface area contributed by atoms with Gasteiger partial charge in [-0.2, -0.15) is 0 Å². The number of fused-ring (bicyclic) bond motifs is 1. The Bertz CT molecular complexity index is 477. The number of nitrogen functional groups attached to an aromatic ring is 1. The van der Waals surface area contributed by atoms with Gasteiger partial charge >= 0.3 is 0 Å². The van der Waals surface area contributed by atoms with Crippen molar-refractivity contribution in [1.29, 1.82) is 0 Å². The first-order chi connectivity index (χ1) is 6.70. The summed E-state index contributed by atoms with van der Waals surface area (Å²) in [6.45, 7) is 4.02. The molecule has 3 nitrogen and oxygen atoms in total. The normalized spacial score (nSPS) is 9.80. The van der Waals surface area contributed by atoms with Gasteiger partial charge in [0.2, 0.25) is 0 Å². The fourth-order valence-corrected chi connectivity index (χ4v) is 1.59. The molecule has 1 aromatic carbocycles. The number of benzene rings is 1. The first kappa shape index (κ1) is 11.8. The molecule has 0 radical (unpaired) electrons. The van der Waals surface area contributed by atoms with Crippen molar-refractivity contribution in [3.63, 3.8) is 0 Å². The Balaban J connectivity index is 0.00000112. The number of nitrogens with two attached hydrogens (primary N) is 1. The lowest BCUT2D eigenvalue weighted by Crippen LogP contribution is -2.07. The van der Waals surface area contributed by atoms with E-state index in [0.717, 1.165) is 22.3 Å². The van der Waals surface area contributed by atoms with Crippen molar-refractivity contribution in [2.24, 2.45) is 5.84 Å². The molecule has 0 aliphatic carbocycles. The van der Waals surface area contributed by atoms with Crippen LogP contribution in [-0.4, -0.2) is 4.98 Å². The van der Waals surface area contributed by atoms with Crippen molar-refractivity contribution in [2.45, 2.75) is 13.8 Å². The fourth-order valence-electron chi connectivity index (χ4n) is 1.59. The molecule has 0 aliphatic rings. The number of nitrogens with zero attached hydrogens (tertiary/aromatic N) is 1. The fraction of sp³-hybridized carbons (Fsp3) is 0.182. The second kappa shape index (κ2) is 4.47. The van der Waals surface area contributed by atoms with Crippen molar-refractivity contribution in [3.8, 4) is 0 Å². The van der Waals surface area contributed by atoms with E-state index >= 15 is 0 Å². The molecule has 1 heterocycles. The van der Waals surface area contributed by atoms with E-state index in [-0.39, 0.29) is 12.4 Å². The molecule has 15 heavy (non-hydrogen) atoms. The third-order valence-electron chi connectivity index (χ3n) is 2.25. The molecule has 0 aliphatic heterocycles. The van der Waals surface area contributed by atoms with Gasteiger partial charge in [0.15, 0.2) is 0 Å². The molecule has 1 aromatic heterocycles. The SMILES string of the molecule is Cc1ccc2c(NN)cc(C)nc2c1.Cl. The van der Waals surface area contributed by atoms with Crippen molar-refractivity contribution in [1.82, 2.24) is 4.98 Å². The number of anilines is 1. The second-order valence-electron chi connectivity index (χ2n) is 3.48. The monoisotopic (exact) mass is 223 g/mol. The molecular weight excluding hydrogens is 210 g/mol. The van der Waals surface area contributed by atoms with Gasteiger partial charge in [0.1, 0.15) is 0 Å². The third-order valence-corrected chi connectivity index (χ3v) is 2.25. The van der Waals surface area contributed by atoms with Gasteiger partial charge in [0.05, 0.1) is 11.2 Å². The molecule has 80 valence electrons. The maximum absolute atomic E-state index is 5.45. The van der Waals surface area contributed by atoms with E-state index in [0.29, 0.717) is 0 Å². The molecule has 0 unspecified atom stereocenters. The number of aromatic nitrogens is 1. The van der Waals surface area contributed by atoms with E-state index in [1.807, 2.05) is 19.1 Å². The van der Waals surface area contributed by atoms with E-state index in [1.165, 1.54) is 5.56 Å². The highest BCUT2D eigenvalue weighted by Crippen LogP contribution is 2.22. The van der Waals surface area contributed by atoms with Gasteiger partial charge in [0, 0.05) is 11.1 Å². The van der Waals surface area contributed by atoms with Gasteiger partial charge < -0.3 is 5.43 Å². The van der Waals surface area contributed by atoms with Gasteiger partial charge in [-0.1, -0.05) is 12.1 Å². The summed E-state index contributed by atoms with van der Waals surface area (Å²) in [4.78, 5) is 4.45. The number of hydrogen-bond acceptors (Lipinski definition) is 3. The number of hydrogen-bond donors (Lipinski definition) is 2. The minimum atomic E-state index is 0. The zero-order valence-electron chi connectivity index (χ0n) is 8.74. The van der Waals surface area contributed by atoms with Crippen LogP contribution in [0.25, 0.3) is 10.9 Å². The first-order valence-corrected chi connectivity index (χ1v) is 4.55. The summed E-state index contributed by atoms with van der Waals surface area (Å²) in [5, 5.41) is 1.06. The lowest BCUT2D eigenvalue weighted by Gasteiger charge is -2.07. The minimum Gasteiger partial charge on any atom is -0.323 e. The van der Waals surface area contributed by atoms with Crippen LogP contribution in [0.15, 0.2) is 24.3 Å². The molecule has 3 N–H and O–H groups in total. The van der Waals surface area contributed by atoms with Crippen molar-refractivity contribution in [3.05, 3.63) is 35.5 Å². The van der Waals surface area contributed by atoms with Crippen LogP contribution in [-0.2, 0) is 0 Å². The van der Waals surface area contributed by atoms with Crippen molar-refractivity contribution >= 4 is 29.0 Å². The summed E-state index contributed by atoms with van der Waals surface area (Å²) < 4.78 is 0.